The highest BCUT2D eigenvalue weighted by atomic mass is 16.5. The number of hydrogen-bond acceptors (Lipinski definition) is 3. The first-order valence-electron chi connectivity index (χ1n) is 8.42. The van der Waals surface area contributed by atoms with Gasteiger partial charge in [-0.25, -0.2) is 0 Å². The molecule has 2 rings (SSSR count). The number of amides is 1. The number of carbonyl (C=O) groups is 1. The molecule has 0 heterocycles. The topological polar surface area (TPSA) is 64.3 Å². The molecule has 2 aromatic rings. The molecule has 0 aliphatic carbocycles. The van der Waals surface area contributed by atoms with Crippen molar-refractivity contribution in [2.24, 2.45) is 0 Å². The minimum absolute atomic E-state index is 0.0111. The quantitative estimate of drug-likeness (QED) is 0.750. The average molecular weight is 326 g/mol. The Balaban J connectivity index is 1.93. The van der Waals surface area contributed by atoms with Gasteiger partial charge in [-0.15, -0.1) is 0 Å². The van der Waals surface area contributed by atoms with Crippen LogP contribution in [0.15, 0.2) is 42.5 Å². The SMILES string of the molecule is CCc1ccccc1NC(=O)CCc1ccc(OC(C)C)c(N)c1. The summed E-state index contributed by atoms with van der Waals surface area (Å²) in [5, 5.41) is 2.99. The molecule has 0 atom stereocenters. The Kier molecular flexibility index (Phi) is 6.24. The van der Waals surface area contributed by atoms with Gasteiger partial charge in [-0.2, -0.15) is 0 Å². The van der Waals surface area contributed by atoms with Gasteiger partial charge in [-0.3, -0.25) is 4.79 Å². The van der Waals surface area contributed by atoms with Crippen molar-refractivity contribution in [3.05, 3.63) is 53.6 Å². The molecule has 24 heavy (non-hydrogen) atoms. The van der Waals surface area contributed by atoms with Crippen LogP contribution in [0.5, 0.6) is 5.75 Å². The highest BCUT2D eigenvalue weighted by molar-refractivity contribution is 5.91. The standard InChI is InChI=1S/C20H26N2O2/c1-4-16-7-5-6-8-18(16)22-20(23)12-10-15-9-11-19(17(21)13-15)24-14(2)3/h5-9,11,13-14H,4,10,12,21H2,1-3H3,(H,22,23). The van der Waals surface area contributed by atoms with Gasteiger partial charge in [0, 0.05) is 12.1 Å². The van der Waals surface area contributed by atoms with Gasteiger partial charge >= 0.3 is 0 Å². The lowest BCUT2D eigenvalue weighted by molar-refractivity contribution is -0.116. The minimum Gasteiger partial charge on any atom is -0.489 e. The Labute approximate surface area is 144 Å². The van der Waals surface area contributed by atoms with Gasteiger partial charge in [0.2, 0.25) is 5.91 Å². The number of aryl methyl sites for hydroxylation is 2. The van der Waals surface area contributed by atoms with E-state index in [2.05, 4.69) is 12.2 Å². The Morgan fingerprint density at radius 2 is 1.96 bits per heavy atom. The Hall–Kier alpha value is -2.49. The Morgan fingerprint density at radius 1 is 1.21 bits per heavy atom. The second-order valence-corrected chi connectivity index (χ2v) is 6.10. The number of nitrogens with one attached hydrogen (secondary N) is 1. The van der Waals surface area contributed by atoms with Crippen molar-refractivity contribution in [1.29, 1.82) is 0 Å². The largest absolute Gasteiger partial charge is 0.489 e. The third kappa shape index (κ3) is 5.01. The number of carbonyl (C=O) groups excluding carboxylic acids is 1. The van der Waals surface area contributed by atoms with Gasteiger partial charge < -0.3 is 15.8 Å². The predicted octanol–water partition coefficient (Wildman–Crippen LogP) is 4.19. The molecule has 2 aromatic carbocycles. The van der Waals surface area contributed by atoms with Gasteiger partial charge in [-0.1, -0.05) is 31.2 Å². The Bertz CT molecular complexity index is 696. The highest BCUT2D eigenvalue weighted by Gasteiger charge is 2.08. The van der Waals surface area contributed by atoms with Gasteiger partial charge in [0.25, 0.3) is 0 Å². The molecule has 0 bridgehead atoms. The second-order valence-electron chi connectivity index (χ2n) is 6.10. The van der Waals surface area contributed by atoms with Crippen LogP contribution >= 0.6 is 0 Å². The number of hydrogen-bond donors (Lipinski definition) is 2. The maximum Gasteiger partial charge on any atom is 0.224 e. The zero-order chi connectivity index (χ0) is 17.5. The van der Waals surface area contributed by atoms with Crippen LogP contribution in [0.4, 0.5) is 11.4 Å². The maximum atomic E-state index is 12.2. The van der Waals surface area contributed by atoms with Crippen molar-refractivity contribution < 1.29 is 9.53 Å². The van der Waals surface area contributed by atoms with E-state index in [1.54, 1.807) is 0 Å². The predicted molar refractivity (Wildman–Crippen MR) is 99.4 cm³/mol. The van der Waals surface area contributed by atoms with E-state index in [1.165, 1.54) is 0 Å². The molecule has 0 aliphatic heterocycles. The van der Waals surface area contributed by atoms with Crippen molar-refractivity contribution in [1.82, 2.24) is 0 Å². The van der Waals surface area contributed by atoms with Crippen molar-refractivity contribution in [2.75, 3.05) is 11.1 Å². The molecule has 0 aromatic heterocycles. The van der Waals surface area contributed by atoms with E-state index in [9.17, 15) is 4.79 Å². The van der Waals surface area contributed by atoms with Crippen LogP contribution < -0.4 is 15.8 Å². The molecule has 0 saturated heterocycles. The average Bonchev–Trinajstić information content (AvgIpc) is 2.55. The van der Waals surface area contributed by atoms with Gasteiger partial charge in [0.15, 0.2) is 0 Å². The summed E-state index contributed by atoms with van der Waals surface area (Å²) >= 11 is 0. The van der Waals surface area contributed by atoms with Crippen LogP contribution in [0.3, 0.4) is 0 Å². The second kappa shape index (κ2) is 8.39. The number of ether oxygens (including phenoxy) is 1. The zero-order valence-electron chi connectivity index (χ0n) is 14.6. The van der Waals surface area contributed by atoms with Crippen LogP contribution in [-0.4, -0.2) is 12.0 Å². The molecule has 0 saturated carbocycles. The molecule has 0 unspecified atom stereocenters. The Morgan fingerprint density at radius 3 is 2.62 bits per heavy atom. The molecular weight excluding hydrogens is 300 g/mol. The first kappa shape index (κ1) is 17.9. The summed E-state index contributed by atoms with van der Waals surface area (Å²) in [5.74, 6) is 0.701. The van der Waals surface area contributed by atoms with Gasteiger partial charge in [0.1, 0.15) is 5.75 Å². The zero-order valence-corrected chi connectivity index (χ0v) is 14.6. The van der Waals surface area contributed by atoms with Gasteiger partial charge in [-0.05, 0) is 56.0 Å². The fourth-order valence-corrected chi connectivity index (χ4v) is 2.54. The van der Waals surface area contributed by atoms with E-state index < -0.39 is 0 Å². The highest BCUT2D eigenvalue weighted by Crippen LogP contribution is 2.24. The van der Waals surface area contributed by atoms with Crippen molar-refractivity contribution >= 4 is 17.3 Å². The molecule has 4 nitrogen and oxygen atoms in total. The summed E-state index contributed by atoms with van der Waals surface area (Å²) in [7, 11) is 0. The van der Waals surface area contributed by atoms with Crippen LogP contribution in [-0.2, 0) is 17.6 Å². The van der Waals surface area contributed by atoms with E-state index in [0.29, 0.717) is 24.3 Å². The van der Waals surface area contributed by atoms with E-state index >= 15 is 0 Å². The van der Waals surface area contributed by atoms with E-state index in [0.717, 1.165) is 23.2 Å². The molecular formula is C20H26N2O2. The molecule has 3 N–H and O–H groups in total. The van der Waals surface area contributed by atoms with Crippen molar-refractivity contribution in [2.45, 2.75) is 46.1 Å². The molecule has 1 amide bonds. The summed E-state index contributed by atoms with van der Waals surface area (Å²) < 4.78 is 5.63. The van der Waals surface area contributed by atoms with E-state index in [1.807, 2.05) is 56.3 Å². The van der Waals surface area contributed by atoms with E-state index in [4.69, 9.17) is 10.5 Å². The first-order chi connectivity index (χ1) is 11.5. The summed E-state index contributed by atoms with van der Waals surface area (Å²) in [5.41, 5.74) is 9.69. The van der Waals surface area contributed by atoms with Crippen LogP contribution in [0, 0.1) is 0 Å². The third-order valence-corrected chi connectivity index (χ3v) is 3.75. The number of nitrogens with two attached hydrogens (primary N) is 1. The third-order valence-electron chi connectivity index (χ3n) is 3.75. The number of para-hydroxylation sites is 1. The monoisotopic (exact) mass is 326 g/mol. The minimum atomic E-state index is 0.0111. The lowest BCUT2D eigenvalue weighted by Gasteiger charge is -2.13. The number of anilines is 2. The van der Waals surface area contributed by atoms with Gasteiger partial charge in [0.05, 0.1) is 11.8 Å². The summed E-state index contributed by atoms with van der Waals surface area (Å²) in [4.78, 5) is 12.2. The molecule has 0 aliphatic rings. The number of benzene rings is 2. The normalized spacial score (nSPS) is 10.7. The van der Waals surface area contributed by atoms with Crippen LogP contribution in [0.2, 0.25) is 0 Å². The van der Waals surface area contributed by atoms with Crippen molar-refractivity contribution in [3.8, 4) is 5.75 Å². The van der Waals surface area contributed by atoms with Crippen molar-refractivity contribution in [3.63, 3.8) is 0 Å². The maximum absolute atomic E-state index is 12.2. The first-order valence-corrected chi connectivity index (χ1v) is 8.42. The summed E-state index contributed by atoms with van der Waals surface area (Å²) in [6, 6.07) is 13.6. The molecule has 0 radical (unpaired) electrons. The lowest BCUT2D eigenvalue weighted by Crippen LogP contribution is -2.13. The smallest absolute Gasteiger partial charge is 0.224 e. The molecule has 4 heteroatoms. The van der Waals surface area contributed by atoms with Crippen LogP contribution in [0.25, 0.3) is 0 Å². The summed E-state index contributed by atoms with van der Waals surface area (Å²) in [6.07, 6.45) is 2.04. The number of rotatable bonds is 7. The summed E-state index contributed by atoms with van der Waals surface area (Å²) in [6.45, 7) is 6.01. The lowest BCUT2D eigenvalue weighted by atomic mass is 10.1. The molecule has 128 valence electrons. The van der Waals surface area contributed by atoms with E-state index in [-0.39, 0.29) is 12.0 Å². The fraction of sp³-hybridized carbons (Fsp3) is 0.350. The fourth-order valence-electron chi connectivity index (χ4n) is 2.54. The molecule has 0 spiro atoms. The number of nitrogen functional groups attached to an aromatic ring is 1. The van der Waals surface area contributed by atoms with Crippen LogP contribution in [0.1, 0.15) is 38.3 Å². The molecule has 0 fully saturated rings.